The number of methoxy groups -OCH3 is 2. The van der Waals surface area contributed by atoms with Gasteiger partial charge in [-0.3, -0.25) is 4.79 Å². The average Bonchev–Trinajstić information content (AvgIpc) is 3.78. The van der Waals surface area contributed by atoms with Crippen molar-refractivity contribution in [2.75, 3.05) is 20.8 Å². The van der Waals surface area contributed by atoms with Gasteiger partial charge in [0.15, 0.2) is 17.6 Å². The second-order valence-electron chi connectivity index (χ2n) is 12.3. The number of benzene rings is 3. The first kappa shape index (κ1) is 28.9. The van der Waals surface area contributed by atoms with Gasteiger partial charge in [0.1, 0.15) is 18.2 Å². The van der Waals surface area contributed by atoms with E-state index < -0.39 is 18.0 Å². The summed E-state index contributed by atoms with van der Waals surface area (Å²) in [5.41, 5.74) is 3.57. The topological polar surface area (TPSA) is 74.2 Å². The van der Waals surface area contributed by atoms with E-state index in [1.54, 1.807) is 33.3 Å². The zero-order valence-corrected chi connectivity index (χ0v) is 24.6. The maximum atomic E-state index is 15.1. The largest absolute Gasteiger partial charge is 0.497 e. The van der Waals surface area contributed by atoms with Crippen molar-refractivity contribution >= 4 is 5.97 Å². The standard InChI is InChI=1S/C34H39FO6/c1-19(33(36)37)31(20-7-8-20)22-10-14-28-29(16-22)41-30(18-40-28)21-9-12-24(25-17-23(38-5)11-13-27(25)35)26(15-21)32(39-6)34(2,3)4/h9-17,19-20,30-32H,7-8,18H2,1-6H3,(H,36,37). The normalized spacial score (nSPS) is 18.9. The third-order valence-corrected chi connectivity index (χ3v) is 8.29. The smallest absolute Gasteiger partial charge is 0.306 e. The van der Waals surface area contributed by atoms with Gasteiger partial charge in [-0.2, -0.15) is 0 Å². The summed E-state index contributed by atoms with van der Waals surface area (Å²) in [6, 6.07) is 16.4. The molecule has 0 amide bonds. The van der Waals surface area contributed by atoms with Crippen LogP contribution in [0.25, 0.3) is 11.1 Å². The summed E-state index contributed by atoms with van der Waals surface area (Å²) in [5.74, 6) is 0.488. The van der Waals surface area contributed by atoms with E-state index in [9.17, 15) is 9.90 Å². The Kier molecular flexibility index (Phi) is 8.02. The van der Waals surface area contributed by atoms with Crippen molar-refractivity contribution < 1.29 is 33.2 Å². The molecule has 0 spiro atoms. The van der Waals surface area contributed by atoms with Crippen LogP contribution in [-0.2, 0) is 9.53 Å². The Morgan fingerprint density at radius 2 is 1.76 bits per heavy atom. The van der Waals surface area contributed by atoms with Gasteiger partial charge >= 0.3 is 5.97 Å². The maximum Gasteiger partial charge on any atom is 0.306 e. The van der Waals surface area contributed by atoms with E-state index in [0.29, 0.717) is 35.3 Å². The van der Waals surface area contributed by atoms with Crippen LogP contribution in [0, 0.1) is 23.1 Å². The molecule has 1 aliphatic carbocycles. The fourth-order valence-corrected chi connectivity index (χ4v) is 6.07. The SMILES string of the molecule is COc1ccc(F)c(-c2ccc(C3COc4ccc(C(C5CC5)C(C)C(=O)O)cc4O3)cc2C(OC)C(C)(C)C)c1. The molecule has 5 rings (SSSR count). The van der Waals surface area contributed by atoms with Crippen molar-refractivity contribution in [3.63, 3.8) is 0 Å². The Morgan fingerprint density at radius 3 is 2.39 bits per heavy atom. The number of halogens is 1. The van der Waals surface area contributed by atoms with Gasteiger partial charge in [-0.15, -0.1) is 0 Å². The Hall–Kier alpha value is -3.58. The zero-order valence-electron chi connectivity index (χ0n) is 24.6. The summed E-state index contributed by atoms with van der Waals surface area (Å²) in [5, 5.41) is 9.72. The molecule has 6 nitrogen and oxygen atoms in total. The molecule has 1 heterocycles. The van der Waals surface area contributed by atoms with Crippen molar-refractivity contribution in [2.45, 2.75) is 58.7 Å². The minimum Gasteiger partial charge on any atom is -0.497 e. The Bertz CT molecular complexity index is 1420. The van der Waals surface area contributed by atoms with Crippen LogP contribution < -0.4 is 14.2 Å². The number of carboxylic acids is 1. The van der Waals surface area contributed by atoms with Crippen LogP contribution in [0.2, 0.25) is 0 Å². The van der Waals surface area contributed by atoms with Gasteiger partial charge < -0.3 is 24.1 Å². The number of rotatable bonds is 9. The molecule has 41 heavy (non-hydrogen) atoms. The molecular formula is C34H39FO6. The minimum absolute atomic E-state index is 0.0698. The van der Waals surface area contributed by atoms with Crippen molar-refractivity contribution in [3.05, 3.63) is 77.1 Å². The lowest BCUT2D eigenvalue weighted by atomic mass is 9.80. The van der Waals surface area contributed by atoms with Crippen molar-refractivity contribution in [2.24, 2.45) is 17.3 Å². The van der Waals surface area contributed by atoms with E-state index in [1.165, 1.54) is 6.07 Å². The second kappa shape index (κ2) is 11.4. The lowest BCUT2D eigenvalue weighted by Crippen LogP contribution is -2.24. The van der Waals surface area contributed by atoms with Gasteiger partial charge in [0.25, 0.3) is 0 Å². The number of carbonyl (C=O) groups is 1. The van der Waals surface area contributed by atoms with Crippen molar-refractivity contribution in [1.82, 2.24) is 0 Å². The summed E-state index contributed by atoms with van der Waals surface area (Å²) < 4.78 is 39.1. The van der Waals surface area contributed by atoms with Crippen LogP contribution in [0.3, 0.4) is 0 Å². The highest BCUT2D eigenvalue weighted by molar-refractivity contribution is 5.72. The molecule has 0 bridgehead atoms. The first-order valence-electron chi connectivity index (χ1n) is 14.2. The molecule has 3 aromatic carbocycles. The molecular weight excluding hydrogens is 523 g/mol. The van der Waals surface area contributed by atoms with E-state index >= 15 is 4.39 Å². The summed E-state index contributed by atoms with van der Waals surface area (Å²) >= 11 is 0. The third-order valence-electron chi connectivity index (χ3n) is 8.29. The first-order valence-corrected chi connectivity index (χ1v) is 14.2. The molecule has 0 saturated heterocycles. The number of hydrogen-bond acceptors (Lipinski definition) is 5. The molecule has 3 aromatic rings. The zero-order chi connectivity index (χ0) is 29.5. The van der Waals surface area contributed by atoms with E-state index in [0.717, 1.165) is 35.1 Å². The highest BCUT2D eigenvalue weighted by atomic mass is 19.1. The summed E-state index contributed by atoms with van der Waals surface area (Å²) in [4.78, 5) is 11.8. The summed E-state index contributed by atoms with van der Waals surface area (Å²) in [7, 11) is 3.23. The number of ether oxygens (including phenoxy) is 4. The highest BCUT2D eigenvalue weighted by Gasteiger charge is 2.39. The number of carboxylic acid groups (broad SMARTS) is 1. The monoisotopic (exact) mass is 562 g/mol. The van der Waals surface area contributed by atoms with Gasteiger partial charge in [0.2, 0.25) is 0 Å². The van der Waals surface area contributed by atoms with E-state index in [-0.39, 0.29) is 23.3 Å². The summed E-state index contributed by atoms with van der Waals surface area (Å²) in [6.45, 7) is 8.36. The molecule has 0 radical (unpaired) electrons. The minimum atomic E-state index is -0.790. The molecule has 1 saturated carbocycles. The Morgan fingerprint density at radius 1 is 1.00 bits per heavy atom. The predicted molar refractivity (Wildman–Crippen MR) is 155 cm³/mol. The van der Waals surface area contributed by atoms with Gasteiger partial charge in [-0.25, -0.2) is 4.39 Å². The molecule has 0 aromatic heterocycles. The number of aliphatic carboxylic acids is 1. The summed E-state index contributed by atoms with van der Waals surface area (Å²) in [6.07, 6.45) is 1.34. The lowest BCUT2D eigenvalue weighted by molar-refractivity contribution is -0.142. The van der Waals surface area contributed by atoms with Gasteiger partial charge in [0, 0.05) is 12.7 Å². The molecule has 1 aliphatic heterocycles. The van der Waals surface area contributed by atoms with Crippen molar-refractivity contribution in [3.8, 4) is 28.4 Å². The van der Waals surface area contributed by atoms with Crippen LogP contribution >= 0.6 is 0 Å². The first-order chi connectivity index (χ1) is 19.5. The fraction of sp³-hybridized carbons (Fsp3) is 0.441. The highest BCUT2D eigenvalue weighted by Crippen LogP contribution is 2.49. The third kappa shape index (κ3) is 5.91. The number of fused-ring (bicyclic) bond motifs is 1. The van der Waals surface area contributed by atoms with E-state index in [2.05, 4.69) is 20.8 Å². The molecule has 4 unspecified atom stereocenters. The van der Waals surface area contributed by atoms with Crippen LogP contribution in [0.5, 0.6) is 17.2 Å². The average molecular weight is 563 g/mol. The van der Waals surface area contributed by atoms with E-state index in [1.807, 2.05) is 36.4 Å². The predicted octanol–water partition coefficient (Wildman–Crippen LogP) is 7.96. The van der Waals surface area contributed by atoms with Gasteiger partial charge in [-0.05, 0) is 88.7 Å². The maximum absolute atomic E-state index is 15.1. The molecule has 1 fully saturated rings. The van der Waals surface area contributed by atoms with Crippen molar-refractivity contribution in [1.29, 1.82) is 0 Å². The molecule has 2 aliphatic rings. The van der Waals surface area contributed by atoms with E-state index in [4.69, 9.17) is 18.9 Å². The fourth-order valence-electron chi connectivity index (χ4n) is 6.07. The molecule has 218 valence electrons. The number of hydrogen-bond donors (Lipinski definition) is 1. The van der Waals surface area contributed by atoms with Gasteiger partial charge in [-0.1, -0.05) is 45.9 Å². The second-order valence-corrected chi connectivity index (χ2v) is 12.3. The quantitative estimate of drug-likeness (QED) is 0.285. The Balaban J connectivity index is 1.52. The molecule has 1 N–H and O–H groups in total. The van der Waals surface area contributed by atoms with Crippen LogP contribution in [0.4, 0.5) is 4.39 Å². The van der Waals surface area contributed by atoms with Gasteiger partial charge in [0.05, 0.1) is 19.1 Å². The molecule has 7 heteroatoms. The Labute approximate surface area is 241 Å². The van der Waals surface area contributed by atoms with Crippen LogP contribution in [0.15, 0.2) is 54.6 Å². The lowest BCUT2D eigenvalue weighted by Gasteiger charge is -2.33. The van der Waals surface area contributed by atoms with Crippen LogP contribution in [0.1, 0.15) is 75.4 Å². The van der Waals surface area contributed by atoms with Crippen LogP contribution in [-0.4, -0.2) is 31.9 Å². The molecule has 4 atom stereocenters.